The van der Waals surface area contributed by atoms with Crippen molar-refractivity contribution in [2.45, 2.75) is 57.8 Å². The molecule has 0 saturated heterocycles. The van der Waals surface area contributed by atoms with E-state index in [1.165, 1.54) is 44.2 Å². The average molecular weight is 298 g/mol. The summed E-state index contributed by atoms with van der Waals surface area (Å²) in [4.78, 5) is 0. The molecule has 0 aliphatic carbocycles. The van der Waals surface area contributed by atoms with Gasteiger partial charge >= 0.3 is 0 Å². The Labute approximate surface area is 126 Å². The normalized spacial score (nSPS) is 10.8. The molecule has 0 heterocycles. The zero-order chi connectivity index (χ0) is 15.3. The molecular formula is C17H27FO3. The van der Waals surface area contributed by atoms with E-state index in [2.05, 4.69) is 0 Å². The van der Waals surface area contributed by atoms with Crippen molar-refractivity contribution >= 4 is 0 Å². The van der Waals surface area contributed by atoms with Gasteiger partial charge in [-0.1, -0.05) is 44.9 Å². The van der Waals surface area contributed by atoms with Crippen LogP contribution in [0.1, 0.15) is 57.8 Å². The predicted molar refractivity (Wildman–Crippen MR) is 82.2 cm³/mol. The van der Waals surface area contributed by atoms with Gasteiger partial charge in [0.05, 0.1) is 6.61 Å². The molecule has 0 bridgehead atoms. The number of rotatable bonds is 12. The largest absolute Gasteiger partial charge is 0.505 e. The molecule has 4 heteroatoms. The van der Waals surface area contributed by atoms with Gasteiger partial charge in [0.2, 0.25) is 0 Å². The number of ether oxygens (including phenoxy) is 1. The molecule has 0 amide bonds. The molecule has 0 saturated carbocycles. The van der Waals surface area contributed by atoms with Crippen LogP contribution in [0.15, 0.2) is 18.2 Å². The lowest BCUT2D eigenvalue weighted by atomic mass is 10.1. The van der Waals surface area contributed by atoms with Gasteiger partial charge < -0.3 is 14.9 Å². The summed E-state index contributed by atoms with van der Waals surface area (Å²) in [6, 6.07) is 4.09. The van der Waals surface area contributed by atoms with E-state index in [0.717, 1.165) is 25.7 Å². The van der Waals surface area contributed by atoms with Gasteiger partial charge in [0.15, 0.2) is 11.6 Å². The number of phenols is 1. The Hall–Kier alpha value is -1.29. The van der Waals surface area contributed by atoms with E-state index < -0.39 is 5.82 Å². The molecule has 1 rings (SSSR count). The van der Waals surface area contributed by atoms with Crippen LogP contribution in [0.3, 0.4) is 0 Å². The lowest BCUT2D eigenvalue weighted by Crippen LogP contribution is -1.97. The minimum Gasteiger partial charge on any atom is -0.505 e. The van der Waals surface area contributed by atoms with E-state index in [0.29, 0.717) is 19.0 Å². The van der Waals surface area contributed by atoms with Crippen LogP contribution in [0.5, 0.6) is 11.5 Å². The fourth-order valence-corrected chi connectivity index (χ4v) is 2.22. The summed E-state index contributed by atoms with van der Waals surface area (Å²) in [5.74, 6) is -0.524. The molecule has 0 aliphatic rings. The zero-order valence-corrected chi connectivity index (χ0v) is 12.7. The third-order valence-electron chi connectivity index (χ3n) is 3.49. The van der Waals surface area contributed by atoms with E-state index in [-0.39, 0.29) is 5.75 Å². The van der Waals surface area contributed by atoms with Crippen molar-refractivity contribution in [1.29, 1.82) is 0 Å². The Kier molecular flexibility index (Phi) is 9.62. The molecule has 0 aliphatic heterocycles. The van der Waals surface area contributed by atoms with Crippen LogP contribution in [-0.4, -0.2) is 23.4 Å². The number of aliphatic hydroxyl groups is 1. The second kappa shape index (κ2) is 11.4. The van der Waals surface area contributed by atoms with Gasteiger partial charge in [-0.05, 0) is 25.0 Å². The van der Waals surface area contributed by atoms with Crippen molar-refractivity contribution < 1.29 is 19.3 Å². The number of unbranched alkanes of at least 4 members (excludes halogenated alkanes) is 8. The maximum Gasteiger partial charge on any atom is 0.168 e. The maximum absolute atomic E-state index is 13.1. The molecule has 0 atom stereocenters. The summed E-state index contributed by atoms with van der Waals surface area (Å²) in [6.07, 6.45) is 10.3. The van der Waals surface area contributed by atoms with Crippen molar-refractivity contribution in [3.8, 4) is 11.5 Å². The Morgan fingerprint density at radius 1 is 0.857 bits per heavy atom. The quantitative estimate of drug-likeness (QED) is 0.562. The van der Waals surface area contributed by atoms with Gasteiger partial charge in [0.25, 0.3) is 0 Å². The van der Waals surface area contributed by atoms with Crippen LogP contribution in [0, 0.1) is 5.82 Å². The second-order valence-electron chi connectivity index (χ2n) is 5.37. The lowest BCUT2D eigenvalue weighted by Gasteiger charge is -2.06. The number of aromatic hydroxyl groups is 1. The van der Waals surface area contributed by atoms with Gasteiger partial charge in [-0.25, -0.2) is 4.39 Å². The third kappa shape index (κ3) is 8.56. The fourth-order valence-electron chi connectivity index (χ4n) is 2.22. The first-order valence-electron chi connectivity index (χ1n) is 7.96. The Morgan fingerprint density at radius 2 is 1.43 bits per heavy atom. The molecule has 3 nitrogen and oxygen atoms in total. The van der Waals surface area contributed by atoms with Crippen LogP contribution in [0.25, 0.3) is 0 Å². The Morgan fingerprint density at radius 3 is 2.00 bits per heavy atom. The number of halogens is 1. The zero-order valence-electron chi connectivity index (χ0n) is 12.7. The Bertz CT molecular complexity index is 382. The van der Waals surface area contributed by atoms with Gasteiger partial charge in [0, 0.05) is 12.7 Å². The van der Waals surface area contributed by atoms with Gasteiger partial charge in [-0.15, -0.1) is 0 Å². The maximum atomic E-state index is 13.1. The molecular weight excluding hydrogens is 271 g/mol. The van der Waals surface area contributed by atoms with E-state index in [9.17, 15) is 4.39 Å². The van der Waals surface area contributed by atoms with Crippen molar-refractivity contribution in [2.75, 3.05) is 13.2 Å². The van der Waals surface area contributed by atoms with Gasteiger partial charge in [-0.2, -0.15) is 0 Å². The lowest BCUT2D eigenvalue weighted by molar-refractivity contribution is 0.282. The van der Waals surface area contributed by atoms with E-state index in [1.807, 2.05) is 0 Å². The van der Waals surface area contributed by atoms with Crippen molar-refractivity contribution in [1.82, 2.24) is 0 Å². The van der Waals surface area contributed by atoms with Crippen molar-refractivity contribution in [2.24, 2.45) is 0 Å². The molecule has 0 unspecified atom stereocenters. The minimum absolute atomic E-state index is 0.310. The molecule has 0 fully saturated rings. The molecule has 1 aromatic rings. The summed E-state index contributed by atoms with van der Waals surface area (Å²) in [5.41, 5.74) is 0. The average Bonchev–Trinajstić information content (AvgIpc) is 2.48. The number of hydrogen-bond acceptors (Lipinski definition) is 3. The van der Waals surface area contributed by atoms with Crippen molar-refractivity contribution in [3.63, 3.8) is 0 Å². The first-order valence-corrected chi connectivity index (χ1v) is 7.96. The van der Waals surface area contributed by atoms with Gasteiger partial charge in [0.1, 0.15) is 5.75 Å². The molecule has 0 aromatic heterocycles. The highest BCUT2D eigenvalue weighted by Gasteiger charge is 2.02. The Balaban J connectivity index is 1.91. The van der Waals surface area contributed by atoms with Crippen LogP contribution in [-0.2, 0) is 0 Å². The highest BCUT2D eigenvalue weighted by Crippen LogP contribution is 2.21. The van der Waals surface area contributed by atoms with Crippen molar-refractivity contribution in [3.05, 3.63) is 24.0 Å². The second-order valence-corrected chi connectivity index (χ2v) is 5.37. The number of phenolic OH excluding ortho intramolecular Hbond substituents is 1. The van der Waals surface area contributed by atoms with Crippen LogP contribution in [0.2, 0.25) is 0 Å². The summed E-state index contributed by atoms with van der Waals surface area (Å²) >= 11 is 0. The third-order valence-corrected chi connectivity index (χ3v) is 3.49. The van der Waals surface area contributed by atoms with Gasteiger partial charge in [-0.3, -0.25) is 0 Å². The topological polar surface area (TPSA) is 49.7 Å². The fraction of sp³-hybridized carbons (Fsp3) is 0.647. The van der Waals surface area contributed by atoms with Crippen LogP contribution < -0.4 is 4.74 Å². The molecule has 120 valence electrons. The van der Waals surface area contributed by atoms with Crippen LogP contribution >= 0.6 is 0 Å². The number of benzene rings is 1. The molecule has 0 spiro atoms. The summed E-state index contributed by atoms with van der Waals surface area (Å²) in [5, 5.41) is 17.7. The summed E-state index contributed by atoms with van der Waals surface area (Å²) in [7, 11) is 0. The summed E-state index contributed by atoms with van der Waals surface area (Å²) < 4.78 is 18.5. The summed E-state index contributed by atoms with van der Waals surface area (Å²) in [6.45, 7) is 0.894. The van der Waals surface area contributed by atoms with Crippen LogP contribution in [0.4, 0.5) is 4.39 Å². The highest BCUT2D eigenvalue weighted by molar-refractivity contribution is 5.31. The monoisotopic (exact) mass is 298 g/mol. The first kappa shape index (κ1) is 17.8. The van der Waals surface area contributed by atoms with E-state index >= 15 is 0 Å². The minimum atomic E-state index is -0.645. The molecule has 21 heavy (non-hydrogen) atoms. The highest BCUT2D eigenvalue weighted by atomic mass is 19.1. The predicted octanol–water partition coefficient (Wildman–Crippen LogP) is 4.41. The standard InChI is InChI=1S/C17H27FO3/c18-16-14-15(10-11-17(16)20)21-13-9-7-5-3-1-2-4-6-8-12-19/h10-11,14,19-20H,1-9,12-13H2. The smallest absolute Gasteiger partial charge is 0.168 e. The first-order chi connectivity index (χ1) is 10.2. The number of aliphatic hydroxyl groups excluding tert-OH is 1. The molecule has 0 radical (unpaired) electrons. The van der Waals surface area contributed by atoms with E-state index in [1.54, 1.807) is 6.07 Å². The van der Waals surface area contributed by atoms with E-state index in [4.69, 9.17) is 14.9 Å². The SMILES string of the molecule is OCCCCCCCCCCCOc1ccc(O)c(F)c1. The molecule has 1 aromatic carbocycles. The molecule has 2 N–H and O–H groups in total. The number of hydrogen-bond donors (Lipinski definition) is 2.